The van der Waals surface area contributed by atoms with E-state index in [4.69, 9.17) is 0 Å². The van der Waals surface area contributed by atoms with Crippen LogP contribution in [-0.4, -0.2) is 11.7 Å². The maximum atomic E-state index is 13.8. The van der Waals surface area contributed by atoms with E-state index in [2.05, 4.69) is 5.32 Å². The van der Waals surface area contributed by atoms with E-state index in [1.165, 1.54) is 12.1 Å². The number of aryl methyl sites for hydroxylation is 2. The Morgan fingerprint density at radius 3 is 2.15 bits per heavy atom. The van der Waals surface area contributed by atoms with Gasteiger partial charge in [0.05, 0.1) is 11.3 Å². The molecule has 0 radical (unpaired) electrons. The Labute approximate surface area is 151 Å². The van der Waals surface area contributed by atoms with E-state index < -0.39 is 11.7 Å². The molecule has 1 N–H and O–H groups in total. The van der Waals surface area contributed by atoms with E-state index in [0.29, 0.717) is 5.56 Å². The predicted molar refractivity (Wildman–Crippen MR) is 100 cm³/mol. The molecule has 0 heterocycles. The van der Waals surface area contributed by atoms with E-state index >= 15 is 0 Å². The van der Waals surface area contributed by atoms with Crippen LogP contribution in [-0.2, 0) is 0 Å². The first-order valence-electron chi connectivity index (χ1n) is 8.24. The Balaban J connectivity index is 1.95. The molecule has 26 heavy (non-hydrogen) atoms. The Hall–Kier alpha value is -3.27. The van der Waals surface area contributed by atoms with E-state index in [1.54, 1.807) is 42.5 Å². The van der Waals surface area contributed by atoms with Crippen LogP contribution in [0.3, 0.4) is 0 Å². The number of hydrogen-bond acceptors (Lipinski definition) is 2. The van der Waals surface area contributed by atoms with Crippen molar-refractivity contribution >= 4 is 17.4 Å². The van der Waals surface area contributed by atoms with Crippen LogP contribution < -0.4 is 5.32 Å². The molecular weight excluding hydrogens is 329 g/mol. The summed E-state index contributed by atoms with van der Waals surface area (Å²) in [5.41, 5.74) is 3.17. The summed E-state index contributed by atoms with van der Waals surface area (Å²) in [4.78, 5) is 25.5. The largest absolute Gasteiger partial charge is 0.319 e. The number of para-hydroxylation sites is 1. The molecule has 0 unspecified atom stereocenters. The number of rotatable bonds is 4. The lowest BCUT2D eigenvalue weighted by atomic mass is 9.95. The fourth-order valence-electron chi connectivity index (χ4n) is 2.67. The molecule has 3 aromatic carbocycles. The topological polar surface area (TPSA) is 46.2 Å². The van der Waals surface area contributed by atoms with Crippen LogP contribution in [0, 0.1) is 19.7 Å². The average Bonchev–Trinajstić information content (AvgIpc) is 2.65. The van der Waals surface area contributed by atoms with Crippen molar-refractivity contribution in [1.82, 2.24) is 0 Å². The normalized spacial score (nSPS) is 10.4. The summed E-state index contributed by atoms with van der Waals surface area (Å²) in [5, 5.41) is 2.53. The maximum Gasteiger partial charge on any atom is 0.256 e. The van der Waals surface area contributed by atoms with E-state index in [0.717, 1.165) is 11.1 Å². The van der Waals surface area contributed by atoms with Crippen LogP contribution in [0.1, 0.15) is 37.4 Å². The number of amides is 1. The van der Waals surface area contributed by atoms with Gasteiger partial charge in [0, 0.05) is 11.1 Å². The summed E-state index contributed by atoms with van der Waals surface area (Å²) in [6.45, 7) is 3.91. The maximum absolute atomic E-state index is 13.8. The highest BCUT2D eigenvalue weighted by atomic mass is 19.1. The fourth-order valence-corrected chi connectivity index (χ4v) is 2.67. The lowest BCUT2D eigenvalue weighted by Gasteiger charge is -2.11. The molecule has 0 spiro atoms. The summed E-state index contributed by atoms with van der Waals surface area (Å²) >= 11 is 0. The molecule has 0 saturated heterocycles. The molecule has 3 nitrogen and oxygen atoms in total. The van der Waals surface area contributed by atoms with Crippen LogP contribution in [0.4, 0.5) is 10.1 Å². The second kappa shape index (κ2) is 7.31. The minimum absolute atomic E-state index is 0.0749. The molecule has 130 valence electrons. The smallest absolute Gasteiger partial charge is 0.256 e. The summed E-state index contributed by atoms with van der Waals surface area (Å²) in [5.74, 6) is -1.30. The standard InChI is InChI=1S/C22H18FNO2/c1-14-11-12-16(13-15(14)2)21(25)17-7-3-4-8-18(17)22(26)24-20-10-6-5-9-19(20)23/h3-13H,1-2H3,(H,24,26). The number of benzene rings is 3. The lowest BCUT2D eigenvalue weighted by molar-refractivity contribution is 0.0996. The molecule has 0 aliphatic rings. The zero-order chi connectivity index (χ0) is 18.7. The highest BCUT2D eigenvalue weighted by Gasteiger charge is 2.19. The van der Waals surface area contributed by atoms with E-state index in [-0.39, 0.29) is 22.6 Å². The molecule has 0 saturated carbocycles. The second-order valence-corrected chi connectivity index (χ2v) is 6.11. The van der Waals surface area contributed by atoms with E-state index in [1.807, 2.05) is 26.0 Å². The fraction of sp³-hybridized carbons (Fsp3) is 0.0909. The Morgan fingerprint density at radius 1 is 0.808 bits per heavy atom. The van der Waals surface area contributed by atoms with Gasteiger partial charge >= 0.3 is 0 Å². The molecule has 0 bridgehead atoms. The lowest BCUT2D eigenvalue weighted by Crippen LogP contribution is -2.17. The van der Waals surface area contributed by atoms with Crippen molar-refractivity contribution in [2.45, 2.75) is 13.8 Å². The van der Waals surface area contributed by atoms with Crippen molar-refractivity contribution in [3.8, 4) is 0 Å². The summed E-state index contributed by atoms with van der Waals surface area (Å²) in [6, 6.07) is 17.9. The van der Waals surface area contributed by atoms with Crippen molar-refractivity contribution in [3.05, 3.63) is 100 Å². The minimum atomic E-state index is -0.529. The van der Waals surface area contributed by atoms with Gasteiger partial charge in [-0.2, -0.15) is 0 Å². The summed E-state index contributed by atoms with van der Waals surface area (Å²) in [7, 11) is 0. The predicted octanol–water partition coefficient (Wildman–Crippen LogP) is 4.93. The van der Waals surface area contributed by atoms with Gasteiger partial charge in [0.1, 0.15) is 5.82 Å². The number of carbonyl (C=O) groups is 2. The number of carbonyl (C=O) groups excluding carboxylic acids is 2. The minimum Gasteiger partial charge on any atom is -0.319 e. The molecule has 4 heteroatoms. The zero-order valence-corrected chi connectivity index (χ0v) is 14.5. The van der Waals surface area contributed by atoms with Gasteiger partial charge in [-0.3, -0.25) is 9.59 Å². The first kappa shape index (κ1) is 17.5. The van der Waals surface area contributed by atoms with Crippen molar-refractivity contribution < 1.29 is 14.0 Å². The molecule has 0 aromatic heterocycles. The van der Waals surface area contributed by atoms with Gasteiger partial charge in [-0.1, -0.05) is 42.5 Å². The van der Waals surface area contributed by atoms with Crippen LogP contribution in [0.2, 0.25) is 0 Å². The summed E-state index contributed by atoms with van der Waals surface area (Å²) < 4.78 is 13.8. The van der Waals surface area contributed by atoms with Gasteiger partial charge in [-0.25, -0.2) is 4.39 Å². The highest BCUT2D eigenvalue weighted by Crippen LogP contribution is 2.20. The van der Waals surface area contributed by atoms with Crippen molar-refractivity contribution in [2.24, 2.45) is 0 Å². The number of anilines is 1. The molecular formula is C22H18FNO2. The number of halogens is 1. The van der Waals surface area contributed by atoms with Gasteiger partial charge < -0.3 is 5.32 Å². The third-order valence-electron chi connectivity index (χ3n) is 4.31. The third-order valence-corrected chi connectivity index (χ3v) is 4.31. The Kier molecular flexibility index (Phi) is 4.94. The quantitative estimate of drug-likeness (QED) is 0.681. The van der Waals surface area contributed by atoms with Crippen LogP contribution >= 0.6 is 0 Å². The summed E-state index contributed by atoms with van der Waals surface area (Å²) in [6.07, 6.45) is 0. The van der Waals surface area contributed by atoms with Crippen LogP contribution in [0.5, 0.6) is 0 Å². The highest BCUT2D eigenvalue weighted by molar-refractivity contribution is 6.17. The number of ketones is 1. The van der Waals surface area contributed by atoms with Gasteiger partial charge in [0.25, 0.3) is 5.91 Å². The first-order chi connectivity index (χ1) is 12.5. The van der Waals surface area contributed by atoms with Crippen LogP contribution in [0.25, 0.3) is 0 Å². The average molecular weight is 347 g/mol. The molecule has 1 amide bonds. The van der Waals surface area contributed by atoms with Crippen molar-refractivity contribution in [2.75, 3.05) is 5.32 Å². The SMILES string of the molecule is Cc1ccc(C(=O)c2ccccc2C(=O)Nc2ccccc2F)cc1C. The Bertz CT molecular complexity index is 995. The first-order valence-corrected chi connectivity index (χ1v) is 8.24. The van der Waals surface area contributed by atoms with E-state index in [9.17, 15) is 14.0 Å². The second-order valence-electron chi connectivity index (χ2n) is 6.11. The molecule has 0 aliphatic heterocycles. The number of nitrogens with one attached hydrogen (secondary N) is 1. The zero-order valence-electron chi connectivity index (χ0n) is 14.5. The van der Waals surface area contributed by atoms with Gasteiger partial charge in [0.15, 0.2) is 5.78 Å². The van der Waals surface area contributed by atoms with Crippen molar-refractivity contribution in [3.63, 3.8) is 0 Å². The molecule has 0 atom stereocenters. The van der Waals surface area contributed by atoms with Crippen LogP contribution in [0.15, 0.2) is 66.7 Å². The molecule has 3 aromatic rings. The third kappa shape index (κ3) is 3.54. The monoisotopic (exact) mass is 347 g/mol. The van der Waals surface area contributed by atoms with Crippen molar-refractivity contribution in [1.29, 1.82) is 0 Å². The van der Waals surface area contributed by atoms with Gasteiger partial charge in [-0.05, 0) is 49.2 Å². The Morgan fingerprint density at radius 2 is 1.46 bits per heavy atom. The molecule has 0 aliphatic carbocycles. The molecule has 0 fully saturated rings. The molecule has 3 rings (SSSR count). The van der Waals surface area contributed by atoms with Gasteiger partial charge in [0.2, 0.25) is 0 Å². The number of hydrogen-bond donors (Lipinski definition) is 1. The van der Waals surface area contributed by atoms with Gasteiger partial charge in [-0.15, -0.1) is 0 Å².